The Morgan fingerprint density at radius 2 is 2.00 bits per heavy atom. The van der Waals surface area contributed by atoms with Crippen molar-refractivity contribution in [3.8, 4) is 0 Å². The van der Waals surface area contributed by atoms with Crippen molar-refractivity contribution in [2.75, 3.05) is 13.3 Å². The summed E-state index contributed by atoms with van der Waals surface area (Å²) in [5.74, 6) is 0.360. The molecule has 2 heterocycles. The minimum atomic E-state index is -3.32. The fraction of sp³-hybridized carbons (Fsp3) is 0.529. The largest absolute Gasteiger partial charge is 0.354 e. The van der Waals surface area contributed by atoms with Crippen molar-refractivity contribution in [3.63, 3.8) is 0 Å². The van der Waals surface area contributed by atoms with Crippen LogP contribution in [0.5, 0.6) is 0 Å². The standard InChI is InChI=1S/C17H23N3O3S/c1-18-17(21)15-9-13-8-14(24(2,22)23)10-19-16(13)20(15)11-12-6-4-3-5-7-12/h8-10,12H,3-7,11H2,1-2H3,(H,18,21). The van der Waals surface area contributed by atoms with Gasteiger partial charge in [-0.05, 0) is 30.9 Å². The first-order chi connectivity index (χ1) is 11.4. The summed E-state index contributed by atoms with van der Waals surface area (Å²) in [7, 11) is -1.73. The molecule has 1 saturated carbocycles. The maximum absolute atomic E-state index is 12.2. The minimum Gasteiger partial charge on any atom is -0.354 e. The molecule has 0 aliphatic heterocycles. The molecule has 6 nitrogen and oxygen atoms in total. The first kappa shape index (κ1) is 17.0. The number of fused-ring (bicyclic) bond motifs is 1. The third kappa shape index (κ3) is 3.31. The summed E-state index contributed by atoms with van der Waals surface area (Å²) in [6.45, 7) is 0.747. The summed E-state index contributed by atoms with van der Waals surface area (Å²) in [5.41, 5.74) is 1.21. The molecule has 0 aromatic carbocycles. The molecule has 0 radical (unpaired) electrons. The van der Waals surface area contributed by atoms with Crippen molar-refractivity contribution >= 4 is 26.8 Å². The highest BCUT2D eigenvalue weighted by atomic mass is 32.2. The highest BCUT2D eigenvalue weighted by Crippen LogP contribution is 2.28. The average molecular weight is 349 g/mol. The zero-order chi connectivity index (χ0) is 17.3. The normalized spacial score (nSPS) is 16.4. The van der Waals surface area contributed by atoms with Gasteiger partial charge in [-0.15, -0.1) is 0 Å². The van der Waals surface area contributed by atoms with E-state index < -0.39 is 9.84 Å². The molecule has 3 rings (SSSR count). The van der Waals surface area contributed by atoms with Crippen LogP contribution in [-0.4, -0.2) is 37.2 Å². The third-order valence-corrected chi connectivity index (χ3v) is 5.84. The number of amides is 1. The Bertz CT molecular complexity index is 865. The number of carbonyl (C=O) groups excluding carboxylic acids is 1. The molecule has 1 N–H and O–H groups in total. The smallest absolute Gasteiger partial charge is 0.267 e. The van der Waals surface area contributed by atoms with Crippen molar-refractivity contribution in [3.05, 3.63) is 24.0 Å². The Morgan fingerprint density at radius 3 is 2.62 bits per heavy atom. The summed E-state index contributed by atoms with van der Waals surface area (Å²) in [6, 6.07) is 3.33. The minimum absolute atomic E-state index is 0.174. The predicted molar refractivity (Wildman–Crippen MR) is 92.8 cm³/mol. The molecular formula is C17H23N3O3S. The van der Waals surface area contributed by atoms with Gasteiger partial charge in [-0.25, -0.2) is 13.4 Å². The quantitative estimate of drug-likeness (QED) is 0.919. The lowest BCUT2D eigenvalue weighted by atomic mass is 9.89. The Balaban J connectivity index is 2.08. The van der Waals surface area contributed by atoms with Gasteiger partial charge in [-0.3, -0.25) is 4.79 Å². The summed E-state index contributed by atoms with van der Waals surface area (Å²) in [6.07, 6.45) is 8.59. The van der Waals surface area contributed by atoms with Gasteiger partial charge in [0.15, 0.2) is 9.84 Å². The molecule has 130 valence electrons. The van der Waals surface area contributed by atoms with Gasteiger partial charge in [0.05, 0.1) is 4.90 Å². The fourth-order valence-electron chi connectivity index (χ4n) is 3.46. The van der Waals surface area contributed by atoms with Crippen molar-refractivity contribution in [2.24, 2.45) is 5.92 Å². The van der Waals surface area contributed by atoms with Gasteiger partial charge in [0.2, 0.25) is 0 Å². The molecule has 0 atom stereocenters. The van der Waals surface area contributed by atoms with E-state index in [0.29, 0.717) is 22.6 Å². The van der Waals surface area contributed by atoms with Crippen LogP contribution in [0.2, 0.25) is 0 Å². The number of aromatic nitrogens is 2. The second-order valence-electron chi connectivity index (χ2n) is 6.58. The zero-order valence-electron chi connectivity index (χ0n) is 14.1. The van der Waals surface area contributed by atoms with E-state index in [4.69, 9.17) is 0 Å². The second kappa shape index (κ2) is 6.55. The van der Waals surface area contributed by atoms with E-state index in [1.165, 1.54) is 25.5 Å². The summed E-state index contributed by atoms with van der Waals surface area (Å²) in [5, 5.41) is 3.35. The van der Waals surface area contributed by atoms with Crippen LogP contribution < -0.4 is 5.32 Å². The number of rotatable bonds is 4. The van der Waals surface area contributed by atoms with Gasteiger partial charge < -0.3 is 9.88 Å². The molecule has 24 heavy (non-hydrogen) atoms. The van der Waals surface area contributed by atoms with Crippen LogP contribution in [0.4, 0.5) is 0 Å². The molecule has 0 bridgehead atoms. The van der Waals surface area contributed by atoms with Crippen LogP contribution in [0, 0.1) is 5.92 Å². The summed E-state index contributed by atoms with van der Waals surface area (Å²) in [4.78, 5) is 16.8. The highest BCUT2D eigenvalue weighted by Gasteiger charge is 2.21. The van der Waals surface area contributed by atoms with Crippen LogP contribution in [0.1, 0.15) is 42.6 Å². The van der Waals surface area contributed by atoms with Crippen LogP contribution in [0.15, 0.2) is 23.2 Å². The fourth-order valence-corrected chi connectivity index (χ4v) is 4.04. The average Bonchev–Trinajstić information content (AvgIpc) is 2.92. The number of nitrogens with zero attached hydrogens (tertiary/aromatic N) is 2. The maximum Gasteiger partial charge on any atom is 0.267 e. The number of sulfone groups is 1. The monoisotopic (exact) mass is 349 g/mol. The van der Waals surface area contributed by atoms with Gasteiger partial charge in [-0.2, -0.15) is 0 Å². The Hall–Kier alpha value is -1.89. The van der Waals surface area contributed by atoms with E-state index in [2.05, 4.69) is 10.3 Å². The SMILES string of the molecule is CNC(=O)c1cc2cc(S(C)(=O)=O)cnc2n1CC1CCCCC1. The van der Waals surface area contributed by atoms with E-state index in [1.807, 2.05) is 4.57 Å². The van der Waals surface area contributed by atoms with Gasteiger partial charge in [0.25, 0.3) is 5.91 Å². The Labute approximate surface area is 142 Å². The van der Waals surface area contributed by atoms with Gasteiger partial charge in [-0.1, -0.05) is 19.3 Å². The number of hydrogen-bond acceptors (Lipinski definition) is 4. The van der Waals surface area contributed by atoms with Gasteiger partial charge in [0.1, 0.15) is 11.3 Å². The van der Waals surface area contributed by atoms with E-state index in [0.717, 1.165) is 25.6 Å². The van der Waals surface area contributed by atoms with Crippen molar-refractivity contribution in [2.45, 2.75) is 43.5 Å². The van der Waals surface area contributed by atoms with E-state index in [-0.39, 0.29) is 10.8 Å². The van der Waals surface area contributed by atoms with Crippen LogP contribution in [0.3, 0.4) is 0 Å². The molecule has 0 unspecified atom stereocenters. The summed E-state index contributed by atoms with van der Waals surface area (Å²) >= 11 is 0. The molecule has 1 aliphatic carbocycles. The molecule has 1 amide bonds. The highest BCUT2D eigenvalue weighted by molar-refractivity contribution is 7.90. The van der Waals surface area contributed by atoms with Gasteiger partial charge >= 0.3 is 0 Å². The lowest BCUT2D eigenvalue weighted by Crippen LogP contribution is -2.24. The first-order valence-corrected chi connectivity index (χ1v) is 10.2. The molecular weight excluding hydrogens is 326 g/mol. The zero-order valence-corrected chi connectivity index (χ0v) is 14.9. The Kier molecular flexibility index (Phi) is 4.62. The number of nitrogens with one attached hydrogen (secondary N) is 1. The van der Waals surface area contributed by atoms with Crippen LogP contribution in [-0.2, 0) is 16.4 Å². The molecule has 7 heteroatoms. The van der Waals surface area contributed by atoms with E-state index in [1.54, 1.807) is 19.2 Å². The summed E-state index contributed by atoms with van der Waals surface area (Å²) < 4.78 is 25.4. The van der Waals surface area contributed by atoms with Crippen LogP contribution in [0.25, 0.3) is 11.0 Å². The Morgan fingerprint density at radius 1 is 1.29 bits per heavy atom. The third-order valence-electron chi connectivity index (χ3n) is 4.76. The molecule has 2 aromatic rings. The van der Waals surface area contributed by atoms with E-state index >= 15 is 0 Å². The van der Waals surface area contributed by atoms with Crippen molar-refractivity contribution in [1.82, 2.24) is 14.9 Å². The molecule has 2 aromatic heterocycles. The number of pyridine rings is 1. The number of carbonyl (C=O) groups is 1. The van der Waals surface area contributed by atoms with E-state index in [9.17, 15) is 13.2 Å². The molecule has 1 fully saturated rings. The van der Waals surface area contributed by atoms with Crippen LogP contribution >= 0.6 is 0 Å². The molecule has 1 aliphatic rings. The maximum atomic E-state index is 12.2. The number of hydrogen-bond donors (Lipinski definition) is 1. The van der Waals surface area contributed by atoms with Crippen molar-refractivity contribution in [1.29, 1.82) is 0 Å². The topological polar surface area (TPSA) is 81.1 Å². The predicted octanol–water partition coefficient (Wildman–Crippen LogP) is 2.38. The van der Waals surface area contributed by atoms with Crippen molar-refractivity contribution < 1.29 is 13.2 Å². The van der Waals surface area contributed by atoms with Gasteiger partial charge in [0, 0.05) is 31.4 Å². The lowest BCUT2D eigenvalue weighted by Gasteiger charge is -2.23. The first-order valence-electron chi connectivity index (χ1n) is 8.31. The molecule has 0 saturated heterocycles. The second-order valence-corrected chi connectivity index (χ2v) is 8.60. The lowest BCUT2D eigenvalue weighted by molar-refractivity contribution is 0.0952. The molecule has 0 spiro atoms.